The fourth-order valence-corrected chi connectivity index (χ4v) is 2.42. The average Bonchev–Trinajstić information content (AvgIpc) is 3.01. The zero-order chi connectivity index (χ0) is 14.1. The van der Waals surface area contributed by atoms with Gasteiger partial charge in [0.15, 0.2) is 0 Å². The minimum atomic E-state index is -0.600. The third-order valence-electron chi connectivity index (χ3n) is 3.56. The number of likely N-dealkylation sites (tertiary alicyclic amines) is 1. The van der Waals surface area contributed by atoms with E-state index >= 15 is 0 Å². The zero-order valence-corrected chi connectivity index (χ0v) is 11.2. The van der Waals surface area contributed by atoms with Gasteiger partial charge in [-0.15, -0.1) is 0 Å². The molecule has 6 heteroatoms. The van der Waals surface area contributed by atoms with Crippen molar-refractivity contribution < 1.29 is 9.52 Å². The van der Waals surface area contributed by atoms with Crippen molar-refractivity contribution in [2.45, 2.75) is 19.1 Å². The molecule has 1 atom stereocenters. The van der Waals surface area contributed by atoms with Crippen LogP contribution in [0.4, 0.5) is 0 Å². The number of hydrogen-bond donors (Lipinski definition) is 1. The van der Waals surface area contributed by atoms with E-state index in [1.807, 2.05) is 23.7 Å². The monoisotopic (exact) mass is 272 g/mol. The smallest absolute Gasteiger partial charge is 0.133 e. The van der Waals surface area contributed by atoms with Gasteiger partial charge in [0.05, 0.1) is 17.8 Å². The molecule has 1 aliphatic heterocycles. The standard InChI is InChI=1S/C14H16N4O2/c1-10-2-3-14(20-10)13(19)9-17-7-12(8-17)18-6-11(4-15)5-16-18/h2-3,5-6,12-13,19H,7-9H2,1H3. The predicted octanol–water partition coefficient (Wildman–Crippen LogP) is 1.25. The van der Waals surface area contributed by atoms with E-state index in [1.165, 1.54) is 0 Å². The maximum absolute atomic E-state index is 10.1. The highest BCUT2D eigenvalue weighted by Crippen LogP contribution is 2.24. The molecule has 2 aromatic heterocycles. The molecule has 0 radical (unpaired) electrons. The molecule has 0 spiro atoms. The van der Waals surface area contributed by atoms with Crippen LogP contribution in [0.1, 0.15) is 29.2 Å². The van der Waals surface area contributed by atoms with Crippen LogP contribution in [0.15, 0.2) is 28.9 Å². The number of rotatable bonds is 4. The second kappa shape index (κ2) is 5.12. The molecule has 3 heterocycles. The molecule has 0 aliphatic carbocycles. The molecule has 0 bridgehead atoms. The summed E-state index contributed by atoms with van der Waals surface area (Å²) in [7, 11) is 0. The van der Waals surface area contributed by atoms with Gasteiger partial charge in [0.1, 0.15) is 23.7 Å². The lowest BCUT2D eigenvalue weighted by atomic mass is 10.1. The molecule has 0 saturated carbocycles. The van der Waals surface area contributed by atoms with E-state index in [1.54, 1.807) is 12.4 Å². The minimum Gasteiger partial charge on any atom is -0.464 e. The third-order valence-corrected chi connectivity index (χ3v) is 3.56. The number of nitriles is 1. The minimum absolute atomic E-state index is 0.280. The van der Waals surface area contributed by atoms with Crippen LogP contribution in [-0.4, -0.2) is 39.4 Å². The summed E-state index contributed by atoms with van der Waals surface area (Å²) >= 11 is 0. The first kappa shape index (κ1) is 12.9. The van der Waals surface area contributed by atoms with Crippen molar-refractivity contribution in [3.63, 3.8) is 0 Å². The number of aliphatic hydroxyl groups is 1. The van der Waals surface area contributed by atoms with Crippen molar-refractivity contribution in [3.8, 4) is 6.07 Å². The highest BCUT2D eigenvalue weighted by molar-refractivity contribution is 5.22. The molecule has 1 saturated heterocycles. The molecule has 1 fully saturated rings. The number of nitrogens with zero attached hydrogens (tertiary/aromatic N) is 4. The molecule has 0 aromatic carbocycles. The molecule has 20 heavy (non-hydrogen) atoms. The summed E-state index contributed by atoms with van der Waals surface area (Å²) < 4.78 is 7.23. The van der Waals surface area contributed by atoms with Crippen LogP contribution < -0.4 is 0 Å². The quantitative estimate of drug-likeness (QED) is 0.906. The van der Waals surface area contributed by atoms with Crippen LogP contribution in [0.5, 0.6) is 0 Å². The van der Waals surface area contributed by atoms with Gasteiger partial charge < -0.3 is 9.52 Å². The van der Waals surface area contributed by atoms with E-state index in [2.05, 4.69) is 16.1 Å². The molecule has 104 valence electrons. The molecule has 2 aromatic rings. The second-order valence-corrected chi connectivity index (χ2v) is 5.16. The molecular weight excluding hydrogens is 256 g/mol. The van der Waals surface area contributed by atoms with Gasteiger partial charge in [-0.1, -0.05) is 0 Å². The van der Waals surface area contributed by atoms with Gasteiger partial charge in [0, 0.05) is 25.8 Å². The Hall–Kier alpha value is -2.10. The lowest BCUT2D eigenvalue weighted by Gasteiger charge is -2.39. The van der Waals surface area contributed by atoms with Crippen LogP contribution in [0.3, 0.4) is 0 Å². The topological polar surface area (TPSA) is 78.2 Å². The Balaban J connectivity index is 1.52. The Morgan fingerprint density at radius 3 is 2.95 bits per heavy atom. The molecule has 3 rings (SSSR count). The summed E-state index contributed by atoms with van der Waals surface area (Å²) in [6.45, 7) is 4.06. The Labute approximate surface area is 116 Å². The summed E-state index contributed by atoms with van der Waals surface area (Å²) in [4.78, 5) is 2.14. The highest BCUT2D eigenvalue weighted by atomic mass is 16.4. The Morgan fingerprint density at radius 1 is 1.55 bits per heavy atom. The van der Waals surface area contributed by atoms with Gasteiger partial charge in [0.2, 0.25) is 0 Å². The normalized spacial score (nSPS) is 17.6. The number of hydrogen-bond acceptors (Lipinski definition) is 5. The largest absolute Gasteiger partial charge is 0.464 e. The number of furan rings is 1. The van der Waals surface area contributed by atoms with Crippen LogP contribution in [-0.2, 0) is 0 Å². The van der Waals surface area contributed by atoms with E-state index in [9.17, 15) is 5.11 Å². The van der Waals surface area contributed by atoms with E-state index < -0.39 is 6.10 Å². The maximum Gasteiger partial charge on any atom is 0.133 e. The van der Waals surface area contributed by atoms with Crippen molar-refractivity contribution in [2.75, 3.05) is 19.6 Å². The van der Waals surface area contributed by atoms with Crippen molar-refractivity contribution in [3.05, 3.63) is 41.6 Å². The Morgan fingerprint density at radius 2 is 2.35 bits per heavy atom. The van der Waals surface area contributed by atoms with Gasteiger partial charge >= 0.3 is 0 Å². The van der Waals surface area contributed by atoms with E-state index in [4.69, 9.17) is 9.68 Å². The Kier molecular flexibility index (Phi) is 3.30. The molecule has 0 amide bonds. The average molecular weight is 272 g/mol. The van der Waals surface area contributed by atoms with Crippen molar-refractivity contribution >= 4 is 0 Å². The lowest BCUT2D eigenvalue weighted by molar-refractivity contribution is 0.0312. The number of aromatic nitrogens is 2. The van der Waals surface area contributed by atoms with E-state index in [0.29, 0.717) is 17.9 Å². The van der Waals surface area contributed by atoms with Crippen LogP contribution in [0.25, 0.3) is 0 Å². The predicted molar refractivity (Wildman–Crippen MR) is 70.8 cm³/mol. The fourth-order valence-electron chi connectivity index (χ4n) is 2.42. The Bertz CT molecular complexity index is 634. The summed E-state index contributed by atoms with van der Waals surface area (Å²) in [5.41, 5.74) is 0.578. The molecule has 6 nitrogen and oxygen atoms in total. The van der Waals surface area contributed by atoms with Crippen molar-refractivity contribution in [1.29, 1.82) is 5.26 Å². The van der Waals surface area contributed by atoms with Gasteiger partial charge in [0.25, 0.3) is 0 Å². The van der Waals surface area contributed by atoms with Gasteiger partial charge in [-0.05, 0) is 19.1 Å². The highest BCUT2D eigenvalue weighted by Gasteiger charge is 2.30. The van der Waals surface area contributed by atoms with Crippen molar-refractivity contribution in [2.24, 2.45) is 0 Å². The summed E-state index contributed by atoms with van der Waals surface area (Å²) in [6, 6.07) is 6.01. The fraction of sp³-hybridized carbons (Fsp3) is 0.429. The zero-order valence-electron chi connectivity index (χ0n) is 11.2. The number of aryl methyl sites for hydroxylation is 1. The van der Waals surface area contributed by atoms with Gasteiger partial charge in [-0.2, -0.15) is 10.4 Å². The molecule has 1 aliphatic rings. The summed E-state index contributed by atoms with van der Waals surface area (Å²) in [5, 5.41) is 23.0. The molecule has 1 unspecified atom stereocenters. The SMILES string of the molecule is Cc1ccc(C(O)CN2CC(n3cc(C#N)cn3)C2)o1. The summed E-state index contributed by atoms with van der Waals surface area (Å²) in [5.74, 6) is 1.41. The third kappa shape index (κ3) is 2.46. The maximum atomic E-state index is 10.1. The second-order valence-electron chi connectivity index (χ2n) is 5.16. The van der Waals surface area contributed by atoms with E-state index in [0.717, 1.165) is 18.8 Å². The first-order valence-electron chi connectivity index (χ1n) is 6.56. The van der Waals surface area contributed by atoms with Crippen molar-refractivity contribution in [1.82, 2.24) is 14.7 Å². The van der Waals surface area contributed by atoms with Crippen LogP contribution >= 0.6 is 0 Å². The lowest BCUT2D eigenvalue weighted by Crippen LogP contribution is -2.49. The van der Waals surface area contributed by atoms with Crippen LogP contribution in [0, 0.1) is 18.3 Å². The van der Waals surface area contributed by atoms with Gasteiger partial charge in [-0.3, -0.25) is 9.58 Å². The number of β-amino-alcohol motifs (C(OH)–C–C–N with tert-alkyl or cyclic N) is 1. The first-order valence-corrected chi connectivity index (χ1v) is 6.56. The van der Waals surface area contributed by atoms with E-state index in [-0.39, 0.29) is 6.04 Å². The summed E-state index contributed by atoms with van der Waals surface area (Å²) in [6.07, 6.45) is 2.73. The first-order chi connectivity index (χ1) is 9.65. The number of aliphatic hydroxyl groups excluding tert-OH is 1. The van der Waals surface area contributed by atoms with Crippen LogP contribution in [0.2, 0.25) is 0 Å². The molecular formula is C14H16N4O2. The molecule has 1 N–H and O–H groups in total. The van der Waals surface area contributed by atoms with Gasteiger partial charge in [-0.25, -0.2) is 0 Å².